The van der Waals surface area contributed by atoms with Gasteiger partial charge < -0.3 is 9.72 Å². The molecule has 2 heterocycles. The molecule has 0 saturated heterocycles. The monoisotopic (exact) mass is 284 g/mol. The molecule has 2 aromatic rings. The lowest BCUT2D eigenvalue weighted by Crippen LogP contribution is -2.13. The van der Waals surface area contributed by atoms with Crippen LogP contribution in [0.4, 0.5) is 0 Å². The van der Waals surface area contributed by atoms with Crippen molar-refractivity contribution < 1.29 is 9.53 Å². The third-order valence-corrected chi connectivity index (χ3v) is 4.09. The Hall–Kier alpha value is -2.10. The van der Waals surface area contributed by atoms with Crippen molar-refractivity contribution in [2.24, 2.45) is 5.92 Å². The molecule has 0 fully saturated rings. The van der Waals surface area contributed by atoms with Crippen molar-refractivity contribution in [3.8, 4) is 0 Å². The smallest absolute Gasteiger partial charge is 0.306 e. The minimum absolute atomic E-state index is 0.0729. The molecule has 0 bridgehead atoms. The van der Waals surface area contributed by atoms with E-state index in [0.717, 1.165) is 24.9 Å². The molecule has 0 aromatic carbocycles. The molecule has 1 aliphatic rings. The second-order valence-corrected chi connectivity index (χ2v) is 5.48. The fourth-order valence-corrected chi connectivity index (χ4v) is 3.02. The van der Waals surface area contributed by atoms with Crippen molar-refractivity contribution in [1.82, 2.24) is 9.97 Å². The van der Waals surface area contributed by atoms with Crippen LogP contribution in [0.1, 0.15) is 38.2 Å². The van der Waals surface area contributed by atoms with Crippen LogP contribution in [0.5, 0.6) is 0 Å². The first-order valence-corrected chi connectivity index (χ1v) is 7.55. The zero-order chi connectivity index (χ0) is 14.7. The van der Waals surface area contributed by atoms with E-state index in [-0.39, 0.29) is 5.97 Å². The van der Waals surface area contributed by atoms with Crippen molar-refractivity contribution in [2.75, 3.05) is 6.61 Å². The van der Waals surface area contributed by atoms with Crippen molar-refractivity contribution in [3.63, 3.8) is 0 Å². The van der Waals surface area contributed by atoms with Crippen LogP contribution in [0.2, 0.25) is 0 Å². The van der Waals surface area contributed by atoms with Crippen LogP contribution in [0.25, 0.3) is 16.6 Å². The van der Waals surface area contributed by atoms with Gasteiger partial charge in [-0.25, -0.2) is 4.98 Å². The normalized spacial score (nSPS) is 18.5. The van der Waals surface area contributed by atoms with Crippen LogP contribution in [-0.4, -0.2) is 22.5 Å². The molecule has 0 amide bonds. The molecule has 4 heteroatoms. The lowest BCUT2D eigenvalue weighted by molar-refractivity contribution is -0.144. The number of aromatic amines is 1. The van der Waals surface area contributed by atoms with Gasteiger partial charge in [0.1, 0.15) is 5.65 Å². The zero-order valence-electron chi connectivity index (χ0n) is 12.3. The largest absolute Gasteiger partial charge is 0.466 e. The quantitative estimate of drug-likeness (QED) is 0.871. The van der Waals surface area contributed by atoms with E-state index in [1.807, 2.05) is 19.3 Å². The van der Waals surface area contributed by atoms with Crippen LogP contribution in [0.3, 0.4) is 0 Å². The first kappa shape index (κ1) is 13.9. The van der Waals surface area contributed by atoms with Gasteiger partial charge in [0.25, 0.3) is 0 Å². The van der Waals surface area contributed by atoms with E-state index in [9.17, 15) is 4.79 Å². The molecule has 0 spiro atoms. The molecule has 21 heavy (non-hydrogen) atoms. The number of H-pyrrole nitrogens is 1. The summed E-state index contributed by atoms with van der Waals surface area (Å²) in [4.78, 5) is 19.0. The van der Waals surface area contributed by atoms with Crippen molar-refractivity contribution >= 4 is 22.6 Å². The van der Waals surface area contributed by atoms with E-state index in [0.29, 0.717) is 18.9 Å². The van der Waals surface area contributed by atoms with Crippen LogP contribution in [-0.2, 0) is 9.53 Å². The minimum Gasteiger partial charge on any atom is -0.466 e. The number of esters is 1. The Labute approximate surface area is 124 Å². The highest BCUT2D eigenvalue weighted by Gasteiger charge is 2.20. The number of carbonyl (C=O) groups is 1. The Bertz CT molecular complexity index is 672. The van der Waals surface area contributed by atoms with Crippen LogP contribution >= 0.6 is 0 Å². The summed E-state index contributed by atoms with van der Waals surface area (Å²) in [6.07, 6.45) is 9.58. The van der Waals surface area contributed by atoms with Gasteiger partial charge in [-0.1, -0.05) is 6.08 Å². The molecule has 1 N–H and O–H groups in total. The second kappa shape index (κ2) is 6.12. The fraction of sp³-hybridized carbons (Fsp3) is 0.412. The van der Waals surface area contributed by atoms with Gasteiger partial charge in [-0.2, -0.15) is 0 Å². The molecule has 4 nitrogen and oxygen atoms in total. The molecule has 2 aromatic heterocycles. The topological polar surface area (TPSA) is 55.0 Å². The van der Waals surface area contributed by atoms with Crippen molar-refractivity contribution in [3.05, 3.63) is 36.2 Å². The number of hydrogen-bond acceptors (Lipinski definition) is 3. The maximum absolute atomic E-state index is 11.5. The highest BCUT2D eigenvalue weighted by atomic mass is 16.5. The summed E-state index contributed by atoms with van der Waals surface area (Å²) in [5.41, 5.74) is 3.56. The summed E-state index contributed by atoms with van der Waals surface area (Å²) in [6.45, 7) is 2.32. The Morgan fingerprint density at radius 3 is 3.14 bits per heavy atom. The Balaban J connectivity index is 1.73. The van der Waals surface area contributed by atoms with E-state index in [2.05, 4.69) is 28.2 Å². The van der Waals surface area contributed by atoms with Crippen molar-refractivity contribution in [2.45, 2.75) is 32.6 Å². The van der Waals surface area contributed by atoms with Crippen LogP contribution in [0, 0.1) is 5.92 Å². The highest BCUT2D eigenvalue weighted by molar-refractivity contribution is 5.90. The molecular weight excluding hydrogens is 264 g/mol. The number of allylic oxidation sites excluding steroid dienone is 2. The van der Waals surface area contributed by atoms with Crippen LogP contribution < -0.4 is 0 Å². The van der Waals surface area contributed by atoms with Gasteiger partial charge >= 0.3 is 5.97 Å². The summed E-state index contributed by atoms with van der Waals surface area (Å²) >= 11 is 0. The van der Waals surface area contributed by atoms with E-state index in [1.54, 1.807) is 0 Å². The molecule has 0 radical (unpaired) electrons. The Morgan fingerprint density at radius 2 is 2.38 bits per heavy atom. The van der Waals surface area contributed by atoms with Gasteiger partial charge in [0.2, 0.25) is 0 Å². The maximum Gasteiger partial charge on any atom is 0.306 e. The molecule has 1 aliphatic carbocycles. The highest BCUT2D eigenvalue weighted by Crippen LogP contribution is 2.34. The van der Waals surface area contributed by atoms with Gasteiger partial charge in [-0.05, 0) is 55.4 Å². The summed E-state index contributed by atoms with van der Waals surface area (Å²) < 4.78 is 5.03. The van der Waals surface area contributed by atoms with Gasteiger partial charge in [-0.3, -0.25) is 4.79 Å². The number of rotatable bonds is 4. The average molecular weight is 284 g/mol. The number of pyridine rings is 1. The summed E-state index contributed by atoms with van der Waals surface area (Å²) in [5, 5.41) is 1.17. The van der Waals surface area contributed by atoms with Crippen molar-refractivity contribution in [1.29, 1.82) is 0 Å². The molecule has 0 aliphatic heterocycles. The lowest BCUT2D eigenvalue weighted by Gasteiger charge is -2.21. The number of nitrogens with zero attached hydrogens (tertiary/aromatic N) is 1. The number of nitrogens with one attached hydrogen (secondary N) is 1. The first-order chi connectivity index (χ1) is 10.3. The number of carbonyl (C=O) groups excluding carboxylic acids is 1. The molecule has 0 saturated carbocycles. The molecular formula is C17H20N2O2. The summed E-state index contributed by atoms with van der Waals surface area (Å²) in [7, 11) is 0. The first-order valence-electron chi connectivity index (χ1n) is 7.55. The second-order valence-electron chi connectivity index (χ2n) is 5.48. The van der Waals surface area contributed by atoms with Crippen LogP contribution in [0.15, 0.2) is 30.6 Å². The fourth-order valence-electron chi connectivity index (χ4n) is 3.02. The van der Waals surface area contributed by atoms with E-state index in [1.165, 1.54) is 16.5 Å². The molecule has 110 valence electrons. The van der Waals surface area contributed by atoms with E-state index in [4.69, 9.17) is 4.74 Å². The third-order valence-electron chi connectivity index (χ3n) is 4.09. The lowest BCUT2D eigenvalue weighted by atomic mass is 9.84. The van der Waals surface area contributed by atoms with Gasteiger partial charge in [0.05, 0.1) is 6.61 Å². The Morgan fingerprint density at radius 1 is 1.48 bits per heavy atom. The van der Waals surface area contributed by atoms with E-state index < -0.39 is 0 Å². The van der Waals surface area contributed by atoms with Gasteiger partial charge in [-0.15, -0.1) is 0 Å². The molecule has 1 unspecified atom stereocenters. The standard InChI is InChI=1S/C17H20N2O2/c1-2-21-16(20)11-12-3-5-13(6-4-12)14-7-9-18-17-15(14)8-10-19-17/h5,7-10,12H,2-4,6,11H2,1H3,(H,18,19). The zero-order valence-corrected chi connectivity index (χ0v) is 12.3. The maximum atomic E-state index is 11.5. The summed E-state index contributed by atoms with van der Waals surface area (Å²) in [5.74, 6) is 0.340. The minimum atomic E-state index is -0.0729. The third kappa shape index (κ3) is 2.99. The number of hydrogen-bond donors (Lipinski definition) is 1. The number of fused-ring (bicyclic) bond motifs is 1. The van der Waals surface area contributed by atoms with Gasteiger partial charge in [0.15, 0.2) is 0 Å². The predicted octanol–water partition coefficient (Wildman–Crippen LogP) is 3.70. The molecule has 3 rings (SSSR count). The Kier molecular flexibility index (Phi) is 4.04. The van der Waals surface area contributed by atoms with Gasteiger partial charge in [0, 0.05) is 24.2 Å². The number of aromatic nitrogens is 2. The summed E-state index contributed by atoms with van der Waals surface area (Å²) in [6, 6.07) is 4.15. The predicted molar refractivity (Wildman–Crippen MR) is 82.7 cm³/mol. The SMILES string of the molecule is CCOC(=O)CC1CC=C(c2ccnc3[nH]ccc23)CC1. The van der Waals surface area contributed by atoms with E-state index >= 15 is 0 Å². The molecule has 1 atom stereocenters. The number of ether oxygens (including phenoxy) is 1. The average Bonchev–Trinajstić information content (AvgIpc) is 2.97.